The zero-order chi connectivity index (χ0) is 17.4. The van der Waals surface area contributed by atoms with Gasteiger partial charge in [0.05, 0.1) is 13.7 Å². The first-order valence-corrected chi connectivity index (χ1v) is 8.31. The maximum Gasteiger partial charge on any atom is 0.331 e. The highest BCUT2D eigenvalue weighted by molar-refractivity contribution is 5.87. The summed E-state index contributed by atoms with van der Waals surface area (Å²) in [4.78, 5) is 23.3. The summed E-state index contributed by atoms with van der Waals surface area (Å²) in [6.45, 7) is 0.417. The molecule has 0 spiro atoms. The van der Waals surface area contributed by atoms with Crippen LogP contribution in [0.15, 0.2) is 24.3 Å². The van der Waals surface area contributed by atoms with Crippen LogP contribution in [0.3, 0.4) is 0 Å². The maximum absolute atomic E-state index is 12.0. The number of methoxy groups -OCH3 is 1. The van der Waals surface area contributed by atoms with Crippen LogP contribution in [0.4, 0.5) is 0 Å². The lowest BCUT2D eigenvalue weighted by Gasteiger charge is -2.23. The van der Waals surface area contributed by atoms with Crippen molar-refractivity contribution < 1.29 is 24.2 Å². The first-order valence-electron chi connectivity index (χ1n) is 8.31. The van der Waals surface area contributed by atoms with Gasteiger partial charge < -0.3 is 19.9 Å². The Labute approximate surface area is 142 Å². The van der Waals surface area contributed by atoms with E-state index in [1.807, 2.05) is 24.3 Å². The molecule has 132 valence electrons. The van der Waals surface area contributed by atoms with Gasteiger partial charge in [0, 0.05) is 19.4 Å². The van der Waals surface area contributed by atoms with Crippen LogP contribution < -0.4 is 10.1 Å². The number of benzene rings is 1. The molecule has 2 N–H and O–H groups in total. The summed E-state index contributed by atoms with van der Waals surface area (Å²) in [6, 6.07) is 7.97. The normalized spacial score (nSPS) is 19.9. The number of hydrogen-bond donors (Lipinski definition) is 2. The summed E-state index contributed by atoms with van der Waals surface area (Å²) in [5.41, 5.74) is 0.00776. The van der Waals surface area contributed by atoms with E-state index in [1.54, 1.807) is 7.11 Å². The van der Waals surface area contributed by atoms with Crippen molar-refractivity contribution in [2.45, 2.75) is 44.1 Å². The molecule has 1 heterocycles. The zero-order valence-electron chi connectivity index (χ0n) is 14.0. The molecule has 6 nitrogen and oxygen atoms in total. The Morgan fingerprint density at radius 2 is 2.00 bits per heavy atom. The average Bonchev–Trinajstić information content (AvgIpc) is 3.05. The summed E-state index contributed by atoms with van der Waals surface area (Å²) >= 11 is 0. The highest BCUT2D eigenvalue weighted by atomic mass is 16.5. The van der Waals surface area contributed by atoms with Crippen molar-refractivity contribution in [1.29, 1.82) is 0 Å². The van der Waals surface area contributed by atoms with Gasteiger partial charge in [0.2, 0.25) is 5.91 Å². The molecule has 6 heteroatoms. The summed E-state index contributed by atoms with van der Waals surface area (Å²) < 4.78 is 10.2. The van der Waals surface area contributed by atoms with Crippen LogP contribution in [-0.2, 0) is 20.7 Å². The van der Waals surface area contributed by atoms with Gasteiger partial charge in [0.15, 0.2) is 5.54 Å². The second-order valence-corrected chi connectivity index (χ2v) is 6.15. The van der Waals surface area contributed by atoms with Gasteiger partial charge in [-0.25, -0.2) is 4.79 Å². The molecule has 1 amide bonds. The van der Waals surface area contributed by atoms with Gasteiger partial charge in [-0.05, 0) is 37.0 Å². The SMILES string of the molecule is COc1ccc(CCCCCC(=O)NC2(C(=O)O)CCOC2)cc1. The van der Waals surface area contributed by atoms with Crippen LogP contribution in [0.25, 0.3) is 0 Å². The van der Waals surface area contributed by atoms with Gasteiger partial charge in [-0.3, -0.25) is 4.79 Å². The highest BCUT2D eigenvalue weighted by Crippen LogP contribution is 2.19. The van der Waals surface area contributed by atoms with Crippen molar-refractivity contribution in [3.8, 4) is 5.75 Å². The van der Waals surface area contributed by atoms with E-state index in [4.69, 9.17) is 9.47 Å². The van der Waals surface area contributed by atoms with Crippen molar-refractivity contribution in [2.75, 3.05) is 20.3 Å². The molecule has 1 fully saturated rings. The molecule has 2 rings (SSSR count). The molecule has 1 aromatic rings. The van der Waals surface area contributed by atoms with E-state index in [9.17, 15) is 14.7 Å². The van der Waals surface area contributed by atoms with E-state index < -0.39 is 11.5 Å². The van der Waals surface area contributed by atoms with Crippen LogP contribution in [0.1, 0.15) is 37.7 Å². The molecular formula is C18H25NO5. The minimum absolute atomic E-state index is 0.0472. The van der Waals surface area contributed by atoms with Crippen molar-refractivity contribution in [3.63, 3.8) is 0 Å². The van der Waals surface area contributed by atoms with Crippen LogP contribution in [0, 0.1) is 0 Å². The number of hydrogen-bond acceptors (Lipinski definition) is 4. The zero-order valence-corrected chi connectivity index (χ0v) is 14.0. The molecule has 24 heavy (non-hydrogen) atoms. The van der Waals surface area contributed by atoms with Gasteiger partial charge >= 0.3 is 5.97 Å². The first kappa shape index (κ1) is 18.3. The molecule has 1 unspecified atom stereocenters. The highest BCUT2D eigenvalue weighted by Gasteiger charge is 2.43. The molecule has 1 aliphatic heterocycles. The number of ether oxygens (including phenoxy) is 2. The number of carbonyl (C=O) groups is 2. The third kappa shape index (κ3) is 4.96. The van der Waals surface area contributed by atoms with Crippen molar-refractivity contribution in [2.24, 2.45) is 0 Å². The molecule has 0 aliphatic carbocycles. The summed E-state index contributed by atoms with van der Waals surface area (Å²) in [6.07, 6.45) is 4.29. The van der Waals surface area contributed by atoms with E-state index in [1.165, 1.54) is 5.56 Å². The number of unbranched alkanes of at least 4 members (excludes halogenated alkanes) is 2. The number of aliphatic carboxylic acids is 1. The Hall–Kier alpha value is -2.08. The number of carbonyl (C=O) groups excluding carboxylic acids is 1. The lowest BCUT2D eigenvalue weighted by Crippen LogP contribution is -2.55. The van der Waals surface area contributed by atoms with E-state index in [-0.39, 0.29) is 12.5 Å². The number of carboxylic acids is 1. The second-order valence-electron chi connectivity index (χ2n) is 6.15. The third-order valence-electron chi connectivity index (χ3n) is 4.34. The van der Waals surface area contributed by atoms with Crippen LogP contribution in [0.2, 0.25) is 0 Å². The largest absolute Gasteiger partial charge is 0.497 e. The molecular weight excluding hydrogens is 310 g/mol. The van der Waals surface area contributed by atoms with Gasteiger partial charge in [-0.15, -0.1) is 0 Å². The number of aryl methyl sites for hydroxylation is 1. The Kier molecular flexibility index (Phi) is 6.61. The molecule has 1 saturated heterocycles. The van der Waals surface area contributed by atoms with E-state index in [2.05, 4.69) is 5.32 Å². The van der Waals surface area contributed by atoms with E-state index >= 15 is 0 Å². The van der Waals surface area contributed by atoms with Gasteiger partial charge in [-0.2, -0.15) is 0 Å². The minimum Gasteiger partial charge on any atom is -0.497 e. The Balaban J connectivity index is 1.64. The third-order valence-corrected chi connectivity index (χ3v) is 4.34. The van der Waals surface area contributed by atoms with Crippen molar-refractivity contribution in [3.05, 3.63) is 29.8 Å². The monoisotopic (exact) mass is 335 g/mol. The molecule has 0 radical (unpaired) electrons. The molecule has 1 aromatic carbocycles. The second kappa shape index (κ2) is 8.68. The number of nitrogens with one attached hydrogen (secondary N) is 1. The summed E-state index contributed by atoms with van der Waals surface area (Å²) in [5, 5.41) is 11.9. The van der Waals surface area contributed by atoms with Gasteiger partial charge in [-0.1, -0.05) is 18.6 Å². The fourth-order valence-corrected chi connectivity index (χ4v) is 2.80. The van der Waals surface area contributed by atoms with Crippen LogP contribution in [0.5, 0.6) is 5.75 Å². The number of amides is 1. The fourth-order valence-electron chi connectivity index (χ4n) is 2.80. The lowest BCUT2D eigenvalue weighted by atomic mass is 9.98. The van der Waals surface area contributed by atoms with E-state index in [0.717, 1.165) is 31.4 Å². The van der Waals surface area contributed by atoms with Crippen LogP contribution in [-0.4, -0.2) is 42.8 Å². The summed E-state index contributed by atoms with van der Waals surface area (Å²) in [5.74, 6) is -0.390. The predicted octanol–water partition coefficient (Wildman–Crippen LogP) is 2.16. The minimum atomic E-state index is -1.24. The van der Waals surface area contributed by atoms with Crippen molar-refractivity contribution in [1.82, 2.24) is 5.32 Å². The van der Waals surface area contributed by atoms with E-state index in [0.29, 0.717) is 19.4 Å². The first-order chi connectivity index (χ1) is 11.6. The number of rotatable bonds is 9. The van der Waals surface area contributed by atoms with Crippen molar-refractivity contribution >= 4 is 11.9 Å². The molecule has 1 atom stereocenters. The fraction of sp³-hybridized carbons (Fsp3) is 0.556. The molecule has 1 aliphatic rings. The Bertz CT molecular complexity index is 549. The predicted molar refractivity (Wildman–Crippen MR) is 89.1 cm³/mol. The number of carboxylic acid groups (broad SMARTS) is 1. The van der Waals surface area contributed by atoms with Gasteiger partial charge in [0.1, 0.15) is 5.75 Å². The standard InChI is InChI=1S/C18H25NO5/c1-23-15-9-7-14(8-10-15)5-3-2-4-6-16(20)19-18(17(21)22)11-12-24-13-18/h7-10H,2-6,11-13H2,1H3,(H,19,20)(H,21,22). The summed E-state index contributed by atoms with van der Waals surface area (Å²) in [7, 11) is 1.65. The average molecular weight is 335 g/mol. The van der Waals surface area contributed by atoms with Gasteiger partial charge in [0.25, 0.3) is 0 Å². The lowest BCUT2D eigenvalue weighted by molar-refractivity contribution is -0.147. The quantitative estimate of drug-likeness (QED) is 0.676. The Morgan fingerprint density at radius 1 is 1.25 bits per heavy atom. The topological polar surface area (TPSA) is 84.9 Å². The molecule has 0 bridgehead atoms. The Morgan fingerprint density at radius 3 is 2.58 bits per heavy atom. The molecule has 0 aromatic heterocycles. The van der Waals surface area contributed by atoms with Crippen LogP contribution >= 0.6 is 0 Å². The maximum atomic E-state index is 12.0. The smallest absolute Gasteiger partial charge is 0.331 e. The molecule has 0 saturated carbocycles.